The number of amides is 2. The van der Waals surface area contributed by atoms with Crippen molar-refractivity contribution in [1.29, 1.82) is 0 Å². The zero-order valence-corrected chi connectivity index (χ0v) is 14.3. The molecule has 2 amide bonds. The molecule has 0 radical (unpaired) electrons. The SMILES string of the molecule is Cn1ncc(C(=O)N2CSC[C@@H]2C(=O)NC(C)(C)C)c1C(F)F. The van der Waals surface area contributed by atoms with Gasteiger partial charge in [-0.15, -0.1) is 11.8 Å². The van der Waals surface area contributed by atoms with Crippen molar-refractivity contribution in [3.63, 3.8) is 0 Å². The Morgan fingerprint density at radius 3 is 2.65 bits per heavy atom. The number of nitrogens with one attached hydrogen (secondary N) is 1. The van der Waals surface area contributed by atoms with Crippen molar-refractivity contribution in [1.82, 2.24) is 20.0 Å². The Labute approximate surface area is 137 Å². The van der Waals surface area contributed by atoms with Crippen molar-refractivity contribution < 1.29 is 18.4 Å². The average Bonchev–Trinajstić information content (AvgIpc) is 3.01. The van der Waals surface area contributed by atoms with Gasteiger partial charge in [0.1, 0.15) is 11.7 Å². The van der Waals surface area contributed by atoms with Crippen LogP contribution < -0.4 is 5.32 Å². The van der Waals surface area contributed by atoms with E-state index >= 15 is 0 Å². The van der Waals surface area contributed by atoms with Gasteiger partial charge >= 0.3 is 0 Å². The first kappa shape index (κ1) is 17.7. The fourth-order valence-corrected chi connectivity index (χ4v) is 3.49. The summed E-state index contributed by atoms with van der Waals surface area (Å²) in [4.78, 5) is 26.3. The molecule has 0 saturated carbocycles. The summed E-state index contributed by atoms with van der Waals surface area (Å²) in [5, 5.41) is 6.57. The molecule has 1 atom stereocenters. The molecule has 1 aliphatic rings. The van der Waals surface area contributed by atoms with E-state index in [1.807, 2.05) is 20.8 Å². The molecule has 1 aliphatic heterocycles. The molecule has 9 heteroatoms. The van der Waals surface area contributed by atoms with Crippen LogP contribution in [-0.4, -0.2) is 49.7 Å². The normalized spacial score (nSPS) is 18.6. The lowest BCUT2D eigenvalue weighted by molar-refractivity contribution is -0.125. The number of aromatic nitrogens is 2. The summed E-state index contributed by atoms with van der Waals surface area (Å²) in [6, 6.07) is -0.669. The molecule has 2 heterocycles. The second-order valence-corrected chi connectivity index (χ2v) is 7.40. The number of carbonyl (C=O) groups excluding carboxylic acids is 2. The van der Waals surface area contributed by atoms with Gasteiger partial charge in [-0.2, -0.15) is 5.10 Å². The van der Waals surface area contributed by atoms with Crippen LogP contribution >= 0.6 is 11.8 Å². The van der Waals surface area contributed by atoms with E-state index in [0.29, 0.717) is 11.6 Å². The Bertz CT molecular complexity index is 612. The van der Waals surface area contributed by atoms with Crippen molar-refractivity contribution in [2.24, 2.45) is 7.05 Å². The summed E-state index contributed by atoms with van der Waals surface area (Å²) in [5.41, 5.74) is -1.01. The zero-order chi connectivity index (χ0) is 17.4. The smallest absolute Gasteiger partial charge is 0.280 e. The van der Waals surface area contributed by atoms with Crippen molar-refractivity contribution in [3.8, 4) is 0 Å². The molecule has 1 aromatic rings. The van der Waals surface area contributed by atoms with Gasteiger partial charge in [-0.3, -0.25) is 14.3 Å². The third kappa shape index (κ3) is 3.82. The summed E-state index contributed by atoms with van der Waals surface area (Å²) in [5.74, 6) is -0.137. The molecule has 1 saturated heterocycles. The minimum absolute atomic E-state index is 0.154. The number of alkyl halides is 2. The standard InChI is InChI=1S/C14H20F2N4O2S/c1-14(2,3)18-12(21)9-6-23-7-20(9)13(22)8-5-17-19(4)10(8)11(15)16/h5,9,11H,6-7H2,1-4H3,(H,18,21)/t9-/m1/s1. The van der Waals surface area contributed by atoms with Crippen LogP contribution in [0.25, 0.3) is 0 Å². The van der Waals surface area contributed by atoms with Crippen LogP contribution in [0.3, 0.4) is 0 Å². The first-order chi connectivity index (χ1) is 10.6. The maximum absolute atomic E-state index is 13.1. The molecular formula is C14H20F2N4O2S. The Kier molecular flexibility index (Phi) is 4.98. The quantitative estimate of drug-likeness (QED) is 0.906. The van der Waals surface area contributed by atoms with E-state index in [2.05, 4.69) is 10.4 Å². The highest BCUT2D eigenvalue weighted by atomic mass is 32.2. The number of halogens is 2. The number of hydrogen-bond acceptors (Lipinski definition) is 4. The maximum Gasteiger partial charge on any atom is 0.280 e. The molecule has 0 unspecified atom stereocenters. The van der Waals surface area contributed by atoms with Crippen molar-refractivity contribution in [2.45, 2.75) is 38.8 Å². The number of carbonyl (C=O) groups is 2. The highest BCUT2D eigenvalue weighted by Gasteiger charge is 2.38. The molecule has 0 spiro atoms. The van der Waals surface area contributed by atoms with E-state index in [1.54, 1.807) is 0 Å². The van der Waals surface area contributed by atoms with E-state index in [-0.39, 0.29) is 11.5 Å². The van der Waals surface area contributed by atoms with Gasteiger partial charge in [0, 0.05) is 18.3 Å². The van der Waals surface area contributed by atoms with Crippen molar-refractivity contribution in [3.05, 3.63) is 17.5 Å². The molecule has 1 aromatic heterocycles. The molecule has 0 aliphatic carbocycles. The van der Waals surface area contributed by atoms with E-state index < -0.39 is 29.6 Å². The fourth-order valence-electron chi connectivity index (χ4n) is 2.34. The number of thioether (sulfide) groups is 1. The number of hydrogen-bond donors (Lipinski definition) is 1. The van der Waals surface area contributed by atoms with Crippen LogP contribution in [0, 0.1) is 0 Å². The highest BCUT2D eigenvalue weighted by Crippen LogP contribution is 2.28. The van der Waals surface area contributed by atoms with Crippen LogP contribution in [0.1, 0.15) is 43.2 Å². The van der Waals surface area contributed by atoms with E-state index in [0.717, 1.165) is 10.9 Å². The molecule has 1 N–H and O–H groups in total. The Hall–Kier alpha value is -1.64. The third-order valence-corrected chi connectivity index (χ3v) is 4.38. The first-order valence-electron chi connectivity index (χ1n) is 7.12. The highest BCUT2D eigenvalue weighted by molar-refractivity contribution is 7.99. The van der Waals surface area contributed by atoms with E-state index in [1.165, 1.54) is 23.7 Å². The van der Waals surface area contributed by atoms with E-state index in [9.17, 15) is 18.4 Å². The second kappa shape index (κ2) is 6.46. The fraction of sp³-hybridized carbons (Fsp3) is 0.643. The predicted molar refractivity (Wildman–Crippen MR) is 83.3 cm³/mol. The third-order valence-electron chi connectivity index (χ3n) is 3.37. The minimum atomic E-state index is -2.81. The summed E-state index contributed by atoms with van der Waals surface area (Å²) in [6.45, 7) is 5.53. The number of rotatable bonds is 3. The predicted octanol–water partition coefficient (Wildman–Crippen LogP) is 1.79. The van der Waals surface area contributed by atoms with Gasteiger partial charge < -0.3 is 10.2 Å². The molecule has 0 bridgehead atoms. The van der Waals surface area contributed by atoms with Crippen LogP contribution in [0.5, 0.6) is 0 Å². The number of aryl methyl sites for hydroxylation is 1. The van der Waals surface area contributed by atoms with Gasteiger partial charge in [-0.25, -0.2) is 8.78 Å². The Morgan fingerprint density at radius 1 is 1.43 bits per heavy atom. The van der Waals surface area contributed by atoms with Gasteiger partial charge in [0.15, 0.2) is 0 Å². The van der Waals surface area contributed by atoms with Gasteiger partial charge in [0.2, 0.25) is 5.91 Å². The Morgan fingerprint density at radius 2 is 2.09 bits per heavy atom. The van der Waals surface area contributed by atoms with Crippen LogP contribution in [-0.2, 0) is 11.8 Å². The molecular weight excluding hydrogens is 326 g/mol. The van der Waals surface area contributed by atoms with Crippen molar-refractivity contribution >= 4 is 23.6 Å². The first-order valence-corrected chi connectivity index (χ1v) is 8.28. The second-order valence-electron chi connectivity index (χ2n) is 6.40. The van der Waals surface area contributed by atoms with Gasteiger partial charge in [-0.05, 0) is 20.8 Å². The topological polar surface area (TPSA) is 67.2 Å². The summed E-state index contributed by atoms with van der Waals surface area (Å²) in [7, 11) is 1.36. The van der Waals surface area contributed by atoms with Crippen LogP contribution in [0.15, 0.2) is 6.20 Å². The summed E-state index contributed by atoms with van der Waals surface area (Å²) in [6.07, 6.45) is -1.68. The van der Waals surface area contributed by atoms with Crippen LogP contribution in [0.4, 0.5) is 8.78 Å². The lowest BCUT2D eigenvalue weighted by Gasteiger charge is -2.27. The Balaban J connectivity index is 2.23. The monoisotopic (exact) mass is 346 g/mol. The lowest BCUT2D eigenvalue weighted by atomic mass is 10.1. The molecule has 128 valence electrons. The van der Waals surface area contributed by atoms with Gasteiger partial charge in [0.25, 0.3) is 12.3 Å². The molecule has 0 aromatic carbocycles. The van der Waals surface area contributed by atoms with E-state index in [4.69, 9.17) is 0 Å². The average molecular weight is 346 g/mol. The molecule has 2 rings (SSSR count). The summed E-state index contributed by atoms with van der Waals surface area (Å²) < 4.78 is 27.3. The molecule has 23 heavy (non-hydrogen) atoms. The zero-order valence-electron chi connectivity index (χ0n) is 13.5. The minimum Gasteiger partial charge on any atom is -0.350 e. The van der Waals surface area contributed by atoms with Gasteiger partial charge in [-0.1, -0.05) is 0 Å². The van der Waals surface area contributed by atoms with Crippen LogP contribution in [0.2, 0.25) is 0 Å². The van der Waals surface area contributed by atoms with Crippen molar-refractivity contribution in [2.75, 3.05) is 11.6 Å². The lowest BCUT2D eigenvalue weighted by Crippen LogP contribution is -2.52. The summed E-state index contributed by atoms with van der Waals surface area (Å²) >= 11 is 1.42. The largest absolute Gasteiger partial charge is 0.350 e. The molecule has 1 fully saturated rings. The number of nitrogens with zero attached hydrogens (tertiary/aromatic N) is 3. The molecule has 6 nitrogen and oxygen atoms in total. The van der Waals surface area contributed by atoms with Gasteiger partial charge in [0.05, 0.1) is 17.6 Å². The maximum atomic E-state index is 13.1.